The molecule has 0 radical (unpaired) electrons. The maximum atomic E-state index is 12.0. The van der Waals surface area contributed by atoms with Gasteiger partial charge in [-0.3, -0.25) is 19.3 Å². The minimum atomic E-state index is -0.339. The average molecular weight is 298 g/mol. The Morgan fingerprint density at radius 3 is 2.10 bits per heavy atom. The SMILES string of the molecule is CNCCCCC(C(C)=O)N(CC(C)=O)CC(=O)C(C)C. The van der Waals surface area contributed by atoms with Crippen LogP contribution in [0.15, 0.2) is 0 Å². The van der Waals surface area contributed by atoms with Crippen LogP contribution in [0.25, 0.3) is 0 Å². The molecule has 0 aliphatic rings. The number of hydrogen-bond acceptors (Lipinski definition) is 5. The van der Waals surface area contributed by atoms with E-state index < -0.39 is 0 Å². The van der Waals surface area contributed by atoms with Crippen molar-refractivity contribution in [1.29, 1.82) is 0 Å². The molecule has 0 fully saturated rings. The van der Waals surface area contributed by atoms with Crippen molar-refractivity contribution in [2.24, 2.45) is 5.92 Å². The van der Waals surface area contributed by atoms with E-state index in [1.165, 1.54) is 13.8 Å². The van der Waals surface area contributed by atoms with Gasteiger partial charge in [0.2, 0.25) is 0 Å². The van der Waals surface area contributed by atoms with Gasteiger partial charge in [-0.25, -0.2) is 0 Å². The number of ketones is 3. The molecule has 0 heterocycles. The number of unbranched alkanes of at least 4 members (excludes halogenated alkanes) is 1. The van der Waals surface area contributed by atoms with Crippen LogP contribution in [0, 0.1) is 5.92 Å². The molecule has 0 aromatic rings. The minimum absolute atomic E-state index is 0.0203. The molecule has 122 valence electrons. The first-order chi connectivity index (χ1) is 9.79. The Labute approximate surface area is 128 Å². The summed E-state index contributed by atoms with van der Waals surface area (Å²) in [5, 5.41) is 3.07. The fourth-order valence-corrected chi connectivity index (χ4v) is 2.23. The van der Waals surface area contributed by atoms with Crippen LogP contribution >= 0.6 is 0 Å². The smallest absolute Gasteiger partial charge is 0.149 e. The number of nitrogens with one attached hydrogen (secondary N) is 1. The maximum Gasteiger partial charge on any atom is 0.149 e. The summed E-state index contributed by atoms with van der Waals surface area (Å²) in [5.41, 5.74) is 0. The molecule has 0 aromatic heterocycles. The van der Waals surface area contributed by atoms with E-state index in [0.717, 1.165) is 19.4 Å². The van der Waals surface area contributed by atoms with E-state index in [2.05, 4.69) is 5.32 Å². The summed E-state index contributed by atoms with van der Waals surface area (Å²) >= 11 is 0. The lowest BCUT2D eigenvalue weighted by Crippen LogP contribution is -2.46. The quantitative estimate of drug-likeness (QED) is 0.552. The van der Waals surface area contributed by atoms with Crippen molar-refractivity contribution in [2.75, 3.05) is 26.7 Å². The predicted octanol–water partition coefficient (Wildman–Crippen LogP) is 1.45. The van der Waals surface area contributed by atoms with Crippen molar-refractivity contribution in [1.82, 2.24) is 10.2 Å². The zero-order valence-corrected chi connectivity index (χ0v) is 14.1. The lowest BCUT2D eigenvalue weighted by molar-refractivity contribution is -0.128. The molecule has 1 unspecified atom stereocenters. The topological polar surface area (TPSA) is 66.5 Å². The van der Waals surface area contributed by atoms with Crippen LogP contribution in [0.1, 0.15) is 47.0 Å². The molecule has 0 rings (SSSR count). The number of Topliss-reactive ketones (excluding diaryl/α,β-unsaturated/α-hetero) is 3. The minimum Gasteiger partial charge on any atom is -0.320 e. The first-order valence-corrected chi connectivity index (χ1v) is 7.70. The molecular formula is C16H30N2O3. The summed E-state index contributed by atoms with van der Waals surface area (Å²) in [4.78, 5) is 37.0. The molecule has 21 heavy (non-hydrogen) atoms. The monoisotopic (exact) mass is 298 g/mol. The van der Waals surface area contributed by atoms with Crippen LogP contribution in [0.2, 0.25) is 0 Å². The summed E-state index contributed by atoms with van der Waals surface area (Å²) in [7, 11) is 1.89. The zero-order valence-electron chi connectivity index (χ0n) is 14.1. The van der Waals surface area contributed by atoms with Gasteiger partial charge in [-0.15, -0.1) is 0 Å². The summed E-state index contributed by atoms with van der Waals surface area (Å²) in [6.07, 6.45) is 2.57. The van der Waals surface area contributed by atoms with E-state index in [1.54, 1.807) is 4.90 Å². The molecule has 0 saturated heterocycles. The van der Waals surface area contributed by atoms with Gasteiger partial charge in [-0.2, -0.15) is 0 Å². The van der Waals surface area contributed by atoms with Gasteiger partial charge in [-0.05, 0) is 40.3 Å². The average Bonchev–Trinajstić information content (AvgIpc) is 2.36. The Morgan fingerprint density at radius 1 is 1.05 bits per heavy atom. The lowest BCUT2D eigenvalue weighted by Gasteiger charge is -2.29. The molecule has 0 spiro atoms. The Balaban J connectivity index is 4.80. The van der Waals surface area contributed by atoms with E-state index in [0.29, 0.717) is 6.42 Å². The second-order valence-electron chi connectivity index (χ2n) is 5.95. The van der Waals surface area contributed by atoms with Crippen molar-refractivity contribution in [2.45, 2.75) is 53.0 Å². The van der Waals surface area contributed by atoms with Crippen molar-refractivity contribution in [3.63, 3.8) is 0 Å². The highest BCUT2D eigenvalue weighted by Crippen LogP contribution is 2.12. The van der Waals surface area contributed by atoms with Gasteiger partial charge in [0.15, 0.2) is 0 Å². The van der Waals surface area contributed by atoms with Gasteiger partial charge in [-0.1, -0.05) is 20.3 Å². The molecule has 5 heteroatoms. The third-order valence-electron chi connectivity index (χ3n) is 3.49. The van der Waals surface area contributed by atoms with Crippen LogP contribution in [0.5, 0.6) is 0 Å². The Bertz CT molecular complexity index is 353. The normalized spacial score (nSPS) is 12.7. The second-order valence-corrected chi connectivity index (χ2v) is 5.95. The lowest BCUT2D eigenvalue weighted by atomic mass is 10.0. The molecule has 0 saturated carbocycles. The fourth-order valence-electron chi connectivity index (χ4n) is 2.23. The van der Waals surface area contributed by atoms with Gasteiger partial charge in [0.1, 0.15) is 17.3 Å². The maximum absolute atomic E-state index is 12.0. The van der Waals surface area contributed by atoms with E-state index in [1.807, 2.05) is 20.9 Å². The Morgan fingerprint density at radius 2 is 1.67 bits per heavy atom. The highest BCUT2D eigenvalue weighted by molar-refractivity contribution is 5.87. The summed E-state index contributed by atoms with van der Waals surface area (Å²) in [5.74, 6) is -0.0145. The third kappa shape index (κ3) is 8.73. The molecule has 1 atom stereocenters. The van der Waals surface area contributed by atoms with Gasteiger partial charge < -0.3 is 5.32 Å². The molecule has 5 nitrogen and oxygen atoms in total. The third-order valence-corrected chi connectivity index (χ3v) is 3.49. The van der Waals surface area contributed by atoms with Crippen molar-refractivity contribution in [3.8, 4) is 0 Å². The van der Waals surface area contributed by atoms with Gasteiger partial charge >= 0.3 is 0 Å². The van der Waals surface area contributed by atoms with Crippen LogP contribution < -0.4 is 5.32 Å². The van der Waals surface area contributed by atoms with Crippen LogP contribution in [0.3, 0.4) is 0 Å². The number of rotatable bonds is 12. The van der Waals surface area contributed by atoms with Crippen molar-refractivity contribution >= 4 is 17.3 Å². The van der Waals surface area contributed by atoms with Crippen LogP contribution in [-0.2, 0) is 14.4 Å². The van der Waals surface area contributed by atoms with Gasteiger partial charge in [0.05, 0.1) is 19.1 Å². The molecule has 0 aliphatic heterocycles. The van der Waals surface area contributed by atoms with Crippen LogP contribution in [-0.4, -0.2) is 55.0 Å². The Kier molecular flexibility index (Phi) is 10.1. The van der Waals surface area contributed by atoms with E-state index in [4.69, 9.17) is 0 Å². The highest BCUT2D eigenvalue weighted by Gasteiger charge is 2.26. The summed E-state index contributed by atoms with van der Waals surface area (Å²) < 4.78 is 0. The van der Waals surface area contributed by atoms with E-state index in [9.17, 15) is 14.4 Å². The summed E-state index contributed by atoms with van der Waals surface area (Å²) in [6, 6.07) is -0.339. The zero-order chi connectivity index (χ0) is 16.4. The molecule has 0 amide bonds. The number of hydrogen-bond donors (Lipinski definition) is 1. The molecule has 1 N–H and O–H groups in total. The number of carbonyl (C=O) groups excluding carboxylic acids is 3. The molecular weight excluding hydrogens is 268 g/mol. The fraction of sp³-hybridized carbons (Fsp3) is 0.812. The van der Waals surface area contributed by atoms with Crippen molar-refractivity contribution < 1.29 is 14.4 Å². The van der Waals surface area contributed by atoms with E-state index in [-0.39, 0.29) is 42.4 Å². The van der Waals surface area contributed by atoms with Crippen molar-refractivity contribution in [3.05, 3.63) is 0 Å². The second kappa shape index (κ2) is 10.6. The first-order valence-electron chi connectivity index (χ1n) is 7.70. The van der Waals surface area contributed by atoms with Crippen LogP contribution in [0.4, 0.5) is 0 Å². The predicted molar refractivity (Wildman–Crippen MR) is 84.3 cm³/mol. The largest absolute Gasteiger partial charge is 0.320 e. The Hall–Kier alpha value is -1.07. The standard InChI is InChI=1S/C16H30N2O3/c1-12(2)16(21)11-18(10-13(3)19)15(14(4)20)8-6-7-9-17-5/h12,15,17H,6-11H2,1-5H3. The molecule has 0 aromatic carbocycles. The number of carbonyl (C=O) groups is 3. The first kappa shape index (κ1) is 19.9. The highest BCUT2D eigenvalue weighted by atomic mass is 16.1. The van der Waals surface area contributed by atoms with Gasteiger partial charge in [0.25, 0.3) is 0 Å². The van der Waals surface area contributed by atoms with Gasteiger partial charge in [0, 0.05) is 5.92 Å². The summed E-state index contributed by atoms with van der Waals surface area (Å²) in [6.45, 7) is 7.94. The molecule has 0 bridgehead atoms. The molecule has 0 aliphatic carbocycles. The number of nitrogens with zero attached hydrogens (tertiary/aromatic N) is 1. The van der Waals surface area contributed by atoms with E-state index >= 15 is 0 Å².